The summed E-state index contributed by atoms with van der Waals surface area (Å²) in [5.41, 5.74) is 1.16. The average molecular weight is 270 g/mol. The highest BCUT2D eigenvalue weighted by Gasteiger charge is 1.97. The highest BCUT2D eigenvalue weighted by atomic mass is 16.5. The molecule has 0 saturated heterocycles. The predicted octanol–water partition coefficient (Wildman–Crippen LogP) is 1.97. The van der Waals surface area contributed by atoms with Crippen molar-refractivity contribution in [2.24, 2.45) is 0 Å². The first-order valence-electron chi connectivity index (χ1n) is 6.63. The maximum absolute atomic E-state index is 8.48. The molecule has 1 aromatic carbocycles. The quantitative estimate of drug-likeness (QED) is 0.745. The summed E-state index contributed by atoms with van der Waals surface area (Å²) in [5, 5.41) is 11.9. The van der Waals surface area contributed by atoms with Gasteiger partial charge in [-0.3, -0.25) is 0 Å². The second-order valence-electron chi connectivity index (χ2n) is 4.43. The molecule has 0 aliphatic heterocycles. The average Bonchev–Trinajstić information content (AvgIpc) is 2.98. The molecule has 0 amide bonds. The highest BCUT2D eigenvalue weighted by Crippen LogP contribution is 2.12. The number of ether oxygens (including phenoxy) is 1. The Balaban J connectivity index is 1.67. The second kappa shape index (κ2) is 7.97. The van der Waals surface area contributed by atoms with Crippen LogP contribution in [0.2, 0.25) is 0 Å². The fourth-order valence-corrected chi connectivity index (χ4v) is 1.90. The van der Waals surface area contributed by atoms with E-state index in [9.17, 15) is 0 Å². The number of rotatable bonds is 8. The molecule has 20 heavy (non-hydrogen) atoms. The third-order valence-electron chi connectivity index (χ3n) is 2.86. The SMILES string of the molecule is N#CCOc1cccc(CNCCCn2ccnc2)c1. The van der Waals surface area contributed by atoms with Crippen molar-refractivity contribution in [3.63, 3.8) is 0 Å². The molecule has 1 heterocycles. The molecule has 0 fully saturated rings. The van der Waals surface area contributed by atoms with Crippen LogP contribution in [0.5, 0.6) is 5.75 Å². The van der Waals surface area contributed by atoms with Crippen LogP contribution in [0.1, 0.15) is 12.0 Å². The maximum atomic E-state index is 8.48. The van der Waals surface area contributed by atoms with Crippen molar-refractivity contribution < 1.29 is 4.74 Å². The summed E-state index contributed by atoms with van der Waals surface area (Å²) in [6, 6.07) is 9.77. The van der Waals surface area contributed by atoms with Crippen LogP contribution in [0.15, 0.2) is 43.0 Å². The zero-order valence-corrected chi connectivity index (χ0v) is 11.3. The first-order chi connectivity index (χ1) is 9.88. The molecule has 2 aromatic rings. The van der Waals surface area contributed by atoms with Crippen molar-refractivity contribution in [1.29, 1.82) is 5.26 Å². The molecular weight excluding hydrogens is 252 g/mol. The lowest BCUT2D eigenvalue weighted by Gasteiger charge is -2.07. The number of aryl methyl sites for hydroxylation is 1. The lowest BCUT2D eigenvalue weighted by molar-refractivity contribution is 0.367. The lowest BCUT2D eigenvalue weighted by atomic mass is 10.2. The molecule has 2 rings (SSSR count). The molecule has 0 atom stereocenters. The third kappa shape index (κ3) is 4.75. The smallest absolute Gasteiger partial charge is 0.174 e. The first kappa shape index (κ1) is 14.1. The Kier molecular flexibility index (Phi) is 5.62. The van der Waals surface area contributed by atoms with Crippen LogP contribution in [0, 0.1) is 11.3 Å². The Morgan fingerprint density at radius 1 is 1.40 bits per heavy atom. The lowest BCUT2D eigenvalue weighted by Crippen LogP contribution is -2.16. The summed E-state index contributed by atoms with van der Waals surface area (Å²) in [6.45, 7) is 2.80. The molecule has 5 nitrogen and oxygen atoms in total. The van der Waals surface area contributed by atoms with E-state index in [4.69, 9.17) is 10.00 Å². The van der Waals surface area contributed by atoms with Crippen molar-refractivity contribution in [1.82, 2.24) is 14.9 Å². The van der Waals surface area contributed by atoms with Gasteiger partial charge in [-0.15, -0.1) is 0 Å². The summed E-state index contributed by atoms with van der Waals surface area (Å²) in [4.78, 5) is 4.01. The molecule has 1 aromatic heterocycles. The van der Waals surface area contributed by atoms with Gasteiger partial charge in [-0.1, -0.05) is 12.1 Å². The number of nitrogens with one attached hydrogen (secondary N) is 1. The third-order valence-corrected chi connectivity index (χ3v) is 2.86. The van der Waals surface area contributed by atoms with Gasteiger partial charge in [0.1, 0.15) is 11.8 Å². The molecule has 0 radical (unpaired) electrons. The Hall–Kier alpha value is -2.32. The monoisotopic (exact) mass is 270 g/mol. The van der Waals surface area contributed by atoms with E-state index in [0.29, 0.717) is 0 Å². The van der Waals surface area contributed by atoms with Crippen LogP contribution in [0.25, 0.3) is 0 Å². The van der Waals surface area contributed by atoms with Gasteiger partial charge in [0.2, 0.25) is 0 Å². The van der Waals surface area contributed by atoms with E-state index < -0.39 is 0 Å². The van der Waals surface area contributed by atoms with Gasteiger partial charge in [0.15, 0.2) is 6.61 Å². The van der Waals surface area contributed by atoms with Gasteiger partial charge in [-0.2, -0.15) is 5.26 Å². The standard InChI is InChI=1S/C15H18N4O/c16-5-10-20-15-4-1-3-14(11-15)12-17-6-2-8-19-9-7-18-13-19/h1,3-4,7,9,11,13,17H,2,6,8,10,12H2. The summed E-state index contributed by atoms with van der Waals surface area (Å²) >= 11 is 0. The molecule has 0 aliphatic rings. The molecule has 0 bridgehead atoms. The number of hydrogen-bond acceptors (Lipinski definition) is 4. The minimum absolute atomic E-state index is 0.0851. The van der Waals surface area contributed by atoms with Crippen LogP contribution < -0.4 is 10.1 Å². The maximum Gasteiger partial charge on any atom is 0.174 e. The molecule has 0 spiro atoms. The number of benzene rings is 1. The predicted molar refractivity (Wildman–Crippen MR) is 76.1 cm³/mol. The molecule has 0 aliphatic carbocycles. The Bertz CT molecular complexity index is 545. The van der Waals surface area contributed by atoms with Gasteiger partial charge >= 0.3 is 0 Å². The zero-order chi connectivity index (χ0) is 14.0. The van der Waals surface area contributed by atoms with E-state index >= 15 is 0 Å². The van der Waals surface area contributed by atoms with Gasteiger partial charge in [-0.05, 0) is 30.7 Å². The number of nitriles is 1. The Labute approximate surface area is 118 Å². The number of aromatic nitrogens is 2. The second-order valence-corrected chi connectivity index (χ2v) is 4.43. The molecular formula is C15H18N4O. The van der Waals surface area contributed by atoms with E-state index in [2.05, 4.69) is 14.9 Å². The number of imidazole rings is 1. The Morgan fingerprint density at radius 3 is 3.15 bits per heavy atom. The molecule has 5 heteroatoms. The number of hydrogen-bond donors (Lipinski definition) is 1. The van der Waals surface area contributed by atoms with Crippen LogP contribution in [-0.4, -0.2) is 22.7 Å². The van der Waals surface area contributed by atoms with E-state index in [1.54, 1.807) is 6.20 Å². The van der Waals surface area contributed by atoms with Crippen molar-refractivity contribution in [3.05, 3.63) is 48.5 Å². The number of nitrogens with zero attached hydrogens (tertiary/aromatic N) is 3. The van der Waals surface area contributed by atoms with Gasteiger partial charge in [0.05, 0.1) is 6.33 Å². The summed E-state index contributed by atoms with van der Waals surface area (Å²) in [5.74, 6) is 0.740. The fraction of sp³-hybridized carbons (Fsp3) is 0.333. The largest absolute Gasteiger partial charge is 0.479 e. The van der Waals surface area contributed by atoms with E-state index in [-0.39, 0.29) is 6.61 Å². The molecule has 104 valence electrons. The van der Waals surface area contributed by atoms with Gasteiger partial charge in [0.25, 0.3) is 0 Å². The van der Waals surface area contributed by atoms with Gasteiger partial charge in [-0.25, -0.2) is 4.98 Å². The van der Waals surface area contributed by atoms with Crippen LogP contribution in [0.3, 0.4) is 0 Å². The minimum Gasteiger partial charge on any atom is -0.479 e. The van der Waals surface area contributed by atoms with E-state index in [0.717, 1.165) is 37.4 Å². The van der Waals surface area contributed by atoms with E-state index in [1.807, 2.05) is 42.9 Å². The van der Waals surface area contributed by atoms with E-state index in [1.165, 1.54) is 0 Å². The zero-order valence-electron chi connectivity index (χ0n) is 11.3. The van der Waals surface area contributed by atoms with Crippen molar-refractivity contribution >= 4 is 0 Å². The van der Waals surface area contributed by atoms with Crippen LogP contribution in [-0.2, 0) is 13.1 Å². The summed E-state index contributed by atoms with van der Waals surface area (Å²) in [7, 11) is 0. The highest BCUT2D eigenvalue weighted by molar-refractivity contribution is 5.28. The minimum atomic E-state index is 0.0851. The van der Waals surface area contributed by atoms with Gasteiger partial charge < -0.3 is 14.6 Å². The Morgan fingerprint density at radius 2 is 2.35 bits per heavy atom. The van der Waals surface area contributed by atoms with Gasteiger partial charge in [0, 0.05) is 25.5 Å². The fourth-order valence-electron chi connectivity index (χ4n) is 1.90. The van der Waals surface area contributed by atoms with Crippen molar-refractivity contribution in [3.8, 4) is 11.8 Å². The molecule has 1 N–H and O–H groups in total. The van der Waals surface area contributed by atoms with Crippen LogP contribution >= 0.6 is 0 Å². The van der Waals surface area contributed by atoms with Crippen molar-refractivity contribution in [2.45, 2.75) is 19.5 Å². The summed E-state index contributed by atoms with van der Waals surface area (Å²) in [6.07, 6.45) is 6.65. The topological polar surface area (TPSA) is 62.9 Å². The molecule has 0 unspecified atom stereocenters. The van der Waals surface area contributed by atoms with Crippen molar-refractivity contribution in [2.75, 3.05) is 13.2 Å². The molecule has 0 saturated carbocycles. The summed E-state index contributed by atoms with van der Waals surface area (Å²) < 4.78 is 7.34. The first-order valence-corrected chi connectivity index (χ1v) is 6.63. The van der Waals surface area contributed by atoms with Crippen LogP contribution in [0.4, 0.5) is 0 Å². The normalized spacial score (nSPS) is 10.2.